The number of nitrogens with one attached hydrogen (secondary N) is 2. The Hall–Kier alpha value is -4.43. The van der Waals surface area contributed by atoms with Gasteiger partial charge in [0.15, 0.2) is 0 Å². The molecule has 0 aliphatic rings. The molecule has 2 amide bonds. The van der Waals surface area contributed by atoms with Crippen molar-refractivity contribution < 1.29 is 23.5 Å². The van der Waals surface area contributed by atoms with E-state index in [2.05, 4.69) is 10.6 Å². The maximum absolute atomic E-state index is 13.7. The number of ether oxygens (including phenoxy) is 2. The number of amides is 2. The third kappa shape index (κ3) is 7.53. The molecule has 0 saturated carbocycles. The van der Waals surface area contributed by atoms with Gasteiger partial charge in [0.1, 0.15) is 31.2 Å². The van der Waals surface area contributed by atoms with E-state index >= 15 is 0 Å². The summed E-state index contributed by atoms with van der Waals surface area (Å²) in [6.07, 6.45) is 0. The summed E-state index contributed by atoms with van der Waals surface area (Å²) in [5.74, 6) is -0.519. The Balaban J connectivity index is 1.43. The summed E-state index contributed by atoms with van der Waals surface area (Å²) in [5, 5.41) is 5.37. The van der Waals surface area contributed by atoms with Gasteiger partial charge in [0.05, 0.1) is 13.2 Å². The SMILES string of the molecule is [B]c1ccc(F)cc1C(=O)NC(COCc1ccccc1)C(=O)Nc1ccc(Oc2ccccc2)cc1. The highest BCUT2D eigenvalue weighted by atomic mass is 19.1. The number of rotatable bonds is 10. The van der Waals surface area contributed by atoms with E-state index in [1.54, 1.807) is 24.3 Å². The van der Waals surface area contributed by atoms with Crippen LogP contribution >= 0.6 is 0 Å². The lowest BCUT2D eigenvalue weighted by Gasteiger charge is -2.19. The van der Waals surface area contributed by atoms with Crippen LogP contribution in [0.5, 0.6) is 11.5 Å². The van der Waals surface area contributed by atoms with Crippen molar-refractivity contribution in [3.63, 3.8) is 0 Å². The molecule has 0 saturated heterocycles. The van der Waals surface area contributed by atoms with E-state index in [0.717, 1.165) is 17.7 Å². The highest BCUT2D eigenvalue weighted by Gasteiger charge is 2.23. The Kier molecular flexibility index (Phi) is 8.68. The zero-order valence-corrected chi connectivity index (χ0v) is 19.9. The van der Waals surface area contributed by atoms with E-state index < -0.39 is 23.7 Å². The molecule has 2 radical (unpaired) electrons. The monoisotopic (exact) mass is 494 g/mol. The average Bonchev–Trinajstić information content (AvgIpc) is 2.91. The normalized spacial score (nSPS) is 11.4. The Morgan fingerprint density at radius 3 is 2.19 bits per heavy atom. The van der Waals surface area contributed by atoms with Crippen LogP contribution in [0.3, 0.4) is 0 Å². The first-order valence-corrected chi connectivity index (χ1v) is 11.6. The summed E-state index contributed by atoms with van der Waals surface area (Å²) in [6, 6.07) is 27.9. The van der Waals surface area contributed by atoms with Gasteiger partial charge in [-0.25, -0.2) is 4.39 Å². The second-order valence-electron chi connectivity index (χ2n) is 8.19. The van der Waals surface area contributed by atoms with Crippen LogP contribution in [-0.2, 0) is 16.1 Å². The highest BCUT2D eigenvalue weighted by molar-refractivity contribution is 6.36. The molecule has 0 heterocycles. The van der Waals surface area contributed by atoms with Gasteiger partial charge in [-0.2, -0.15) is 0 Å². The lowest BCUT2D eigenvalue weighted by Crippen LogP contribution is -2.47. The third-order valence-electron chi connectivity index (χ3n) is 5.38. The smallest absolute Gasteiger partial charge is 0.251 e. The second kappa shape index (κ2) is 12.5. The maximum atomic E-state index is 13.7. The molecule has 6 nitrogen and oxygen atoms in total. The largest absolute Gasteiger partial charge is 0.457 e. The molecule has 1 atom stereocenters. The van der Waals surface area contributed by atoms with Crippen molar-refractivity contribution in [3.05, 3.63) is 120 Å². The Bertz CT molecular complexity index is 1340. The molecule has 4 aromatic carbocycles. The summed E-state index contributed by atoms with van der Waals surface area (Å²) in [7, 11) is 5.84. The van der Waals surface area contributed by atoms with Gasteiger partial charge < -0.3 is 20.1 Å². The molecule has 1 unspecified atom stereocenters. The standard InChI is InChI=1S/C29H24BFN2O4/c30-26-16-11-21(31)17-25(26)28(34)33-27(19-36-18-20-7-3-1-4-8-20)29(35)32-22-12-14-24(15-13-22)37-23-9-5-2-6-10-23/h1-17,27H,18-19H2,(H,32,35)(H,33,34). The Morgan fingerprint density at radius 2 is 1.49 bits per heavy atom. The molecule has 0 aromatic heterocycles. The topological polar surface area (TPSA) is 76.7 Å². The molecule has 0 aliphatic carbocycles. The number of hydrogen-bond donors (Lipinski definition) is 2. The number of hydrogen-bond acceptors (Lipinski definition) is 4. The van der Waals surface area contributed by atoms with Crippen LogP contribution < -0.4 is 20.8 Å². The first-order chi connectivity index (χ1) is 18.0. The third-order valence-corrected chi connectivity index (χ3v) is 5.38. The molecule has 2 N–H and O–H groups in total. The average molecular weight is 494 g/mol. The fourth-order valence-electron chi connectivity index (χ4n) is 3.47. The number of benzene rings is 4. The van der Waals surface area contributed by atoms with Crippen molar-refractivity contribution in [2.75, 3.05) is 11.9 Å². The number of carbonyl (C=O) groups is 2. The van der Waals surface area contributed by atoms with Crippen LogP contribution in [0.15, 0.2) is 103 Å². The van der Waals surface area contributed by atoms with Crippen molar-refractivity contribution in [1.29, 1.82) is 0 Å². The Labute approximate surface area is 215 Å². The van der Waals surface area contributed by atoms with Crippen LogP contribution in [0.25, 0.3) is 0 Å². The molecular weight excluding hydrogens is 470 g/mol. The van der Waals surface area contributed by atoms with Crippen molar-refractivity contribution in [2.24, 2.45) is 0 Å². The van der Waals surface area contributed by atoms with Gasteiger partial charge in [-0.3, -0.25) is 9.59 Å². The molecule has 37 heavy (non-hydrogen) atoms. The van der Waals surface area contributed by atoms with Crippen LogP contribution in [0.2, 0.25) is 0 Å². The van der Waals surface area contributed by atoms with Gasteiger partial charge in [-0.15, -0.1) is 0 Å². The van der Waals surface area contributed by atoms with E-state index in [-0.39, 0.29) is 24.2 Å². The number of halogens is 1. The van der Waals surface area contributed by atoms with Crippen molar-refractivity contribution >= 4 is 30.8 Å². The predicted octanol–water partition coefficient (Wildman–Crippen LogP) is 4.37. The molecule has 0 spiro atoms. The zero-order chi connectivity index (χ0) is 26.0. The van der Waals surface area contributed by atoms with E-state index in [9.17, 15) is 14.0 Å². The van der Waals surface area contributed by atoms with Crippen molar-refractivity contribution in [3.8, 4) is 11.5 Å². The number of para-hydroxylation sites is 1. The number of anilines is 1. The van der Waals surface area contributed by atoms with E-state index in [1.165, 1.54) is 6.07 Å². The maximum Gasteiger partial charge on any atom is 0.251 e. The van der Waals surface area contributed by atoms with Gasteiger partial charge in [0, 0.05) is 11.3 Å². The van der Waals surface area contributed by atoms with Crippen LogP contribution in [0.4, 0.5) is 10.1 Å². The molecule has 0 aliphatic heterocycles. The summed E-state index contributed by atoms with van der Waals surface area (Å²) < 4.78 is 25.2. The molecule has 184 valence electrons. The molecule has 0 fully saturated rings. The van der Waals surface area contributed by atoms with Gasteiger partial charge in [0.2, 0.25) is 5.91 Å². The van der Waals surface area contributed by atoms with Gasteiger partial charge >= 0.3 is 0 Å². The first kappa shape index (κ1) is 25.7. The van der Waals surface area contributed by atoms with Crippen molar-refractivity contribution in [2.45, 2.75) is 12.6 Å². The lowest BCUT2D eigenvalue weighted by molar-refractivity contribution is -0.119. The quantitative estimate of drug-likeness (QED) is 0.321. The van der Waals surface area contributed by atoms with Crippen LogP contribution in [-0.4, -0.2) is 32.3 Å². The molecular formula is C29H24BFN2O4. The van der Waals surface area contributed by atoms with Gasteiger partial charge in [0.25, 0.3) is 5.91 Å². The highest BCUT2D eigenvalue weighted by Crippen LogP contribution is 2.22. The predicted molar refractivity (Wildman–Crippen MR) is 141 cm³/mol. The van der Waals surface area contributed by atoms with Crippen LogP contribution in [0, 0.1) is 5.82 Å². The molecule has 0 bridgehead atoms. The molecule has 8 heteroatoms. The van der Waals surface area contributed by atoms with Crippen molar-refractivity contribution in [1.82, 2.24) is 5.32 Å². The minimum absolute atomic E-state index is 0.0664. The summed E-state index contributed by atoms with van der Waals surface area (Å²) >= 11 is 0. The fourth-order valence-corrected chi connectivity index (χ4v) is 3.47. The van der Waals surface area contributed by atoms with E-state index in [4.69, 9.17) is 17.3 Å². The summed E-state index contributed by atoms with van der Waals surface area (Å²) in [5.41, 5.74) is 1.44. The fraction of sp³-hybridized carbons (Fsp3) is 0.103. The molecule has 4 rings (SSSR count). The van der Waals surface area contributed by atoms with E-state index in [0.29, 0.717) is 17.2 Å². The lowest BCUT2D eigenvalue weighted by atomic mass is 9.90. The second-order valence-corrected chi connectivity index (χ2v) is 8.19. The minimum Gasteiger partial charge on any atom is -0.457 e. The zero-order valence-electron chi connectivity index (χ0n) is 19.9. The minimum atomic E-state index is -1.07. The number of carbonyl (C=O) groups excluding carboxylic acids is 2. The first-order valence-electron chi connectivity index (χ1n) is 11.6. The van der Waals surface area contributed by atoms with E-state index in [1.807, 2.05) is 60.7 Å². The molecule has 4 aromatic rings. The van der Waals surface area contributed by atoms with Crippen LogP contribution in [0.1, 0.15) is 15.9 Å². The summed E-state index contributed by atoms with van der Waals surface area (Å²) in [4.78, 5) is 25.9. The van der Waals surface area contributed by atoms with Gasteiger partial charge in [-0.1, -0.05) is 60.1 Å². The Morgan fingerprint density at radius 1 is 0.838 bits per heavy atom. The van der Waals surface area contributed by atoms with Gasteiger partial charge in [-0.05, 0) is 54.1 Å². The summed E-state index contributed by atoms with van der Waals surface area (Å²) in [6.45, 7) is 0.130.